The van der Waals surface area contributed by atoms with Crippen LogP contribution in [0, 0.1) is 5.82 Å². The highest BCUT2D eigenvalue weighted by Crippen LogP contribution is 2.27. The average molecular weight is 292 g/mol. The Labute approximate surface area is 112 Å². The minimum absolute atomic E-state index is 0.0767. The first-order valence-corrected chi connectivity index (χ1v) is 5.73. The molecule has 0 aliphatic heterocycles. The van der Waals surface area contributed by atoms with Crippen molar-refractivity contribution >= 4 is 46.3 Å². The minimum Gasteiger partial charge on any atom is -0.338 e. The zero-order valence-electron chi connectivity index (χ0n) is 8.35. The highest BCUT2D eigenvalue weighted by Gasteiger charge is 2.06. The van der Waals surface area contributed by atoms with Crippen molar-refractivity contribution in [3.05, 3.63) is 51.3 Å². The Morgan fingerprint density at radius 1 is 1.06 bits per heavy atom. The van der Waals surface area contributed by atoms with E-state index in [9.17, 15) is 4.39 Å². The quantitative estimate of drug-likeness (QED) is 0.849. The highest BCUT2D eigenvalue weighted by molar-refractivity contribution is 6.42. The summed E-state index contributed by atoms with van der Waals surface area (Å²) in [5.41, 5.74) is 0.591. The van der Waals surface area contributed by atoms with E-state index in [1.807, 2.05) is 0 Å². The third-order valence-electron chi connectivity index (χ3n) is 1.99. The third kappa shape index (κ3) is 3.00. The molecule has 1 aromatic heterocycles. The van der Waals surface area contributed by atoms with E-state index in [4.69, 9.17) is 34.8 Å². The second kappa shape index (κ2) is 5.08. The number of benzene rings is 1. The molecule has 17 heavy (non-hydrogen) atoms. The molecule has 88 valence electrons. The van der Waals surface area contributed by atoms with E-state index in [2.05, 4.69) is 10.3 Å². The number of rotatable bonds is 2. The van der Waals surface area contributed by atoms with Crippen molar-refractivity contribution in [3.63, 3.8) is 0 Å². The third-order valence-corrected chi connectivity index (χ3v) is 2.94. The molecule has 0 aliphatic carbocycles. The van der Waals surface area contributed by atoms with Crippen LogP contribution in [-0.4, -0.2) is 4.98 Å². The summed E-state index contributed by atoms with van der Waals surface area (Å²) in [4.78, 5) is 3.83. The first-order chi connectivity index (χ1) is 8.06. The van der Waals surface area contributed by atoms with Crippen LogP contribution in [0.4, 0.5) is 15.9 Å². The van der Waals surface area contributed by atoms with Gasteiger partial charge in [-0.05, 0) is 24.3 Å². The fourth-order valence-electron chi connectivity index (χ4n) is 1.22. The van der Waals surface area contributed by atoms with Crippen molar-refractivity contribution in [2.75, 3.05) is 5.32 Å². The van der Waals surface area contributed by atoms with Crippen LogP contribution in [0.3, 0.4) is 0 Å². The molecule has 2 rings (SSSR count). The van der Waals surface area contributed by atoms with Gasteiger partial charge in [-0.2, -0.15) is 0 Å². The first kappa shape index (κ1) is 12.4. The van der Waals surface area contributed by atoms with Gasteiger partial charge in [-0.3, -0.25) is 0 Å². The van der Waals surface area contributed by atoms with Gasteiger partial charge in [0.1, 0.15) is 0 Å². The Morgan fingerprint density at radius 3 is 2.47 bits per heavy atom. The second-order valence-electron chi connectivity index (χ2n) is 3.24. The molecule has 0 saturated carbocycles. The normalized spacial score (nSPS) is 10.4. The van der Waals surface area contributed by atoms with Crippen LogP contribution in [0.2, 0.25) is 15.1 Å². The van der Waals surface area contributed by atoms with Crippen molar-refractivity contribution in [3.8, 4) is 0 Å². The monoisotopic (exact) mass is 290 g/mol. The lowest BCUT2D eigenvalue weighted by Gasteiger charge is -2.07. The average Bonchev–Trinajstić information content (AvgIpc) is 2.27. The summed E-state index contributed by atoms with van der Waals surface area (Å²) < 4.78 is 13.4. The van der Waals surface area contributed by atoms with Gasteiger partial charge < -0.3 is 5.32 Å². The minimum atomic E-state index is -0.538. The first-order valence-electron chi connectivity index (χ1n) is 4.59. The molecule has 0 fully saturated rings. The van der Waals surface area contributed by atoms with Crippen LogP contribution in [0.15, 0.2) is 30.5 Å². The number of pyridine rings is 1. The van der Waals surface area contributed by atoms with Gasteiger partial charge in [-0.25, -0.2) is 9.37 Å². The van der Waals surface area contributed by atoms with Gasteiger partial charge in [0.05, 0.1) is 15.1 Å². The smallest absolute Gasteiger partial charge is 0.167 e. The zero-order valence-corrected chi connectivity index (χ0v) is 10.6. The number of nitrogens with zero attached hydrogens (tertiary/aromatic N) is 1. The van der Waals surface area contributed by atoms with E-state index in [-0.39, 0.29) is 10.8 Å². The molecule has 0 spiro atoms. The van der Waals surface area contributed by atoms with Crippen LogP contribution in [-0.2, 0) is 0 Å². The number of hydrogen-bond donors (Lipinski definition) is 1. The van der Waals surface area contributed by atoms with Crippen LogP contribution in [0.1, 0.15) is 0 Å². The number of anilines is 2. The molecule has 1 N–H and O–H groups in total. The van der Waals surface area contributed by atoms with Crippen LogP contribution in [0.25, 0.3) is 0 Å². The molecule has 1 aromatic carbocycles. The highest BCUT2D eigenvalue weighted by atomic mass is 35.5. The predicted octanol–water partition coefficient (Wildman–Crippen LogP) is 4.92. The standard InChI is InChI=1S/C11H6Cl3FN2/c12-6-3-10(15)11(16-5-6)17-7-1-2-8(13)9(14)4-7/h1-5H,(H,16,17). The molecule has 0 atom stereocenters. The number of halogens is 4. The topological polar surface area (TPSA) is 24.9 Å². The van der Waals surface area contributed by atoms with Crippen LogP contribution < -0.4 is 5.32 Å². The van der Waals surface area contributed by atoms with Gasteiger partial charge in [-0.15, -0.1) is 0 Å². The van der Waals surface area contributed by atoms with E-state index in [0.29, 0.717) is 15.7 Å². The van der Waals surface area contributed by atoms with E-state index in [1.165, 1.54) is 12.3 Å². The molecule has 2 nitrogen and oxygen atoms in total. The molecular weight excluding hydrogens is 285 g/mol. The van der Waals surface area contributed by atoms with Gasteiger partial charge in [-0.1, -0.05) is 34.8 Å². The van der Waals surface area contributed by atoms with Gasteiger partial charge >= 0.3 is 0 Å². The summed E-state index contributed by atoms with van der Waals surface area (Å²) in [6, 6.07) is 6.04. The Hall–Kier alpha value is -1.03. The van der Waals surface area contributed by atoms with Crippen LogP contribution in [0.5, 0.6) is 0 Å². The largest absolute Gasteiger partial charge is 0.338 e. The molecular formula is C11H6Cl3FN2. The van der Waals surface area contributed by atoms with E-state index >= 15 is 0 Å². The molecule has 0 radical (unpaired) electrons. The van der Waals surface area contributed by atoms with Crippen molar-refractivity contribution < 1.29 is 4.39 Å². The Bertz CT molecular complexity index is 560. The van der Waals surface area contributed by atoms with Gasteiger partial charge in [0.15, 0.2) is 11.6 Å². The summed E-state index contributed by atoms with van der Waals surface area (Å²) in [7, 11) is 0. The fraction of sp³-hybridized carbons (Fsp3) is 0. The molecule has 0 aliphatic rings. The van der Waals surface area contributed by atoms with Gasteiger partial charge in [0, 0.05) is 11.9 Å². The van der Waals surface area contributed by atoms with Crippen LogP contribution >= 0.6 is 34.8 Å². The Balaban J connectivity index is 2.28. The summed E-state index contributed by atoms with van der Waals surface area (Å²) in [6.07, 6.45) is 1.35. The van der Waals surface area contributed by atoms with E-state index < -0.39 is 5.82 Å². The summed E-state index contributed by atoms with van der Waals surface area (Å²) in [5.74, 6) is -0.462. The van der Waals surface area contributed by atoms with Crippen molar-refractivity contribution in [2.24, 2.45) is 0 Å². The number of hydrogen-bond acceptors (Lipinski definition) is 2. The SMILES string of the molecule is Fc1cc(Cl)cnc1Nc1ccc(Cl)c(Cl)c1. The molecule has 0 bridgehead atoms. The Morgan fingerprint density at radius 2 is 1.82 bits per heavy atom. The summed E-state index contributed by atoms with van der Waals surface area (Å²) in [5, 5.41) is 3.83. The molecule has 2 aromatic rings. The van der Waals surface area contributed by atoms with Crippen molar-refractivity contribution in [2.45, 2.75) is 0 Å². The lowest BCUT2D eigenvalue weighted by atomic mass is 10.3. The zero-order chi connectivity index (χ0) is 12.4. The summed E-state index contributed by atoms with van der Waals surface area (Å²) in [6.45, 7) is 0. The van der Waals surface area contributed by atoms with Gasteiger partial charge in [0.2, 0.25) is 0 Å². The maximum Gasteiger partial charge on any atom is 0.167 e. The Kier molecular flexibility index (Phi) is 3.72. The maximum absolute atomic E-state index is 13.4. The lowest BCUT2D eigenvalue weighted by molar-refractivity contribution is 0.626. The fourth-order valence-corrected chi connectivity index (χ4v) is 1.66. The molecule has 0 saturated heterocycles. The molecule has 6 heteroatoms. The van der Waals surface area contributed by atoms with E-state index in [0.717, 1.165) is 0 Å². The number of aromatic nitrogens is 1. The molecule has 0 amide bonds. The van der Waals surface area contributed by atoms with Crippen molar-refractivity contribution in [1.82, 2.24) is 4.98 Å². The lowest BCUT2D eigenvalue weighted by Crippen LogP contribution is -1.96. The maximum atomic E-state index is 13.4. The number of nitrogens with one attached hydrogen (secondary N) is 1. The van der Waals surface area contributed by atoms with Gasteiger partial charge in [0.25, 0.3) is 0 Å². The molecule has 1 heterocycles. The molecule has 0 unspecified atom stereocenters. The predicted molar refractivity (Wildman–Crippen MR) is 68.9 cm³/mol. The van der Waals surface area contributed by atoms with E-state index in [1.54, 1.807) is 18.2 Å². The van der Waals surface area contributed by atoms with Crippen molar-refractivity contribution in [1.29, 1.82) is 0 Å². The second-order valence-corrected chi connectivity index (χ2v) is 4.49. The summed E-state index contributed by atoms with van der Waals surface area (Å²) >= 11 is 17.2.